The van der Waals surface area contributed by atoms with E-state index >= 15 is 0 Å². The average molecular weight is 347 g/mol. The van der Waals surface area contributed by atoms with Crippen molar-refractivity contribution in [3.63, 3.8) is 0 Å². The van der Waals surface area contributed by atoms with Crippen LogP contribution < -0.4 is 5.32 Å². The lowest BCUT2D eigenvalue weighted by Crippen LogP contribution is -2.13. The third-order valence-electron chi connectivity index (χ3n) is 2.79. The molecule has 0 saturated heterocycles. The van der Waals surface area contributed by atoms with E-state index in [1.54, 1.807) is 24.2 Å². The summed E-state index contributed by atoms with van der Waals surface area (Å²) in [5, 5.41) is 3.22. The predicted octanol–water partition coefficient (Wildman–Crippen LogP) is 3.03. The summed E-state index contributed by atoms with van der Waals surface area (Å²) in [6, 6.07) is 0. The van der Waals surface area contributed by atoms with Crippen molar-refractivity contribution in [2.75, 3.05) is 5.32 Å². The molecule has 3 heterocycles. The minimum absolute atomic E-state index is 0.254. The van der Waals surface area contributed by atoms with E-state index in [-0.39, 0.29) is 11.6 Å². The summed E-state index contributed by atoms with van der Waals surface area (Å²) in [6.45, 7) is 2.02. The molecule has 1 amide bonds. The molecule has 118 valence electrons. The van der Waals surface area contributed by atoms with E-state index in [2.05, 4.69) is 25.3 Å². The number of aryl methyl sites for hydroxylation is 1. The summed E-state index contributed by atoms with van der Waals surface area (Å²) < 4.78 is 6.52. The Balaban J connectivity index is 1.56. The first-order chi connectivity index (χ1) is 11.2. The highest BCUT2D eigenvalue weighted by Crippen LogP contribution is 2.30. The van der Waals surface area contributed by atoms with Gasteiger partial charge in [0.2, 0.25) is 5.89 Å². The molecule has 3 aromatic rings. The molecule has 0 saturated carbocycles. The van der Waals surface area contributed by atoms with Crippen LogP contribution in [0.25, 0.3) is 0 Å². The second-order valence-electron chi connectivity index (χ2n) is 4.39. The minimum Gasteiger partial charge on any atom is -0.445 e. The summed E-state index contributed by atoms with van der Waals surface area (Å²) in [4.78, 5) is 28.2. The van der Waals surface area contributed by atoms with Crippen LogP contribution in [0, 0.1) is 0 Å². The number of hydrogen-bond donors (Lipinski definition) is 1. The zero-order chi connectivity index (χ0) is 16.1. The van der Waals surface area contributed by atoms with Gasteiger partial charge in [0.05, 0.1) is 28.6 Å². The quantitative estimate of drug-likeness (QED) is 0.685. The number of aromatic nitrogens is 4. The molecule has 0 atom stereocenters. The van der Waals surface area contributed by atoms with Crippen LogP contribution in [0.3, 0.4) is 0 Å². The van der Waals surface area contributed by atoms with E-state index in [1.807, 2.05) is 6.92 Å². The first kappa shape index (κ1) is 15.6. The number of thioether (sulfide) groups is 1. The first-order valence-electron chi connectivity index (χ1n) is 6.84. The van der Waals surface area contributed by atoms with Crippen LogP contribution in [0.1, 0.15) is 29.1 Å². The second-order valence-corrected chi connectivity index (χ2v) is 6.70. The average Bonchev–Trinajstić information content (AvgIpc) is 3.22. The van der Waals surface area contributed by atoms with Gasteiger partial charge in [-0.25, -0.2) is 15.0 Å². The van der Waals surface area contributed by atoms with Gasteiger partial charge in [-0.05, 0) is 0 Å². The number of nitrogens with zero attached hydrogens (tertiary/aromatic N) is 4. The van der Waals surface area contributed by atoms with Crippen LogP contribution in [0.2, 0.25) is 0 Å². The third-order valence-corrected chi connectivity index (χ3v) is 4.88. The Labute approximate surface area is 140 Å². The van der Waals surface area contributed by atoms with Crippen molar-refractivity contribution in [2.24, 2.45) is 0 Å². The first-order valence-corrected chi connectivity index (χ1v) is 8.64. The van der Waals surface area contributed by atoms with Crippen molar-refractivity contribution in [3.05, 3.63) is 48.3 Å². The van der Waals surface area contributed by atoms with Gasteiger partial charge in [0, 0.05) is 18.8 Å². The maximum absolute atomic E-state index is 12.0. The van der Waals surface area contributed by atoms with E-state index in [9.17, 15) is 4.79 Å². The smallest absolute Gasteiger partial charge is 0.277 e. The lowest BCUT2D eigenvalue weighted by molar-refractivity contribution is 0.102. The Kier molecular flexibility index (Phi) is 4.99. The van der Waals surface area contributed by atoms with E-state index in [1.165, 1.54) is 29.9 Å². The molecule has 0 aromatic carbocycles. The Morgan fingerprint density at radius 2 is 2.17 bits per heavy atom. The fourth-order valence-electron chi connectivity index (χ4n) is 1.67. The molecule has 3 rings (SSSR count). The van der Waals surface area contributed by atoms with Gasteiger partial charge in [0.1, 0.15) is 11.5 Å². The van der Waals surface area contributed by atoms with Gasteiger partial charge in [-0.15, -0.1) is 11.8 Å². The summed E-state index contributed by atoms with van der Waals surface area (Å²) in [5.74, 6) is 1.86. The number of anilines is 1. The summed E-state index contributed by atoms with van der Waals surface area (Å²) in [7, 11) is 0. The molecule has 0 radical (unpaired) electrons. The zero-order valence-corrected chi connectivity index (χ0v) is 13.9. The maximum atomic E-state index is 12.0. The lowest BCUT2D eigenvalue weighted by Gasteiger charge is -1.99. The molecule has 0 aliphatic carbocycles. The number of oxazole rings is 1. The SMILES string of the molecule is CCc1cnc(CSc2cnc(NC(=O)c3cnccn3)s2)o1. The van der Waals surface area contributed by atoms with Crippen molar-refractivity contribution in [3.8, 4) is 0 Å². The molecular weight excluding hydrogens is 334 g/mol. The van der Waals surface area contributed by atoms with Crippen molar-refractivity contribution >= 4 is 34.1 Å². The van der Waals surface area contributed by atoms with Gasteiger partial charge in [-0.1, -0.05) is 18.3 Å². The molecule has 23 heavy (non-hydrogen) atoms. The van der Waals surface area contributed by atoms with E-state index in [4.69, 9.17) is 4.42 Å². The molecule has 0 fully saturated rings. The molecule has 0 aliphatic heterocycles. The zero-order valence-electron chi connectivity index (χ0n) is 12.2. The number of carbonyl (C=O) groups is 1. The van der Waals surface area contributed by atoms with Gasteiger partial charge >= 0.3 is 0 Å². The molecule has 0 bridgehead atoms. The van der Waals surface area contributed by atoms with Gasteiger partial charge in [-0.2, -0.15) is 0 Å². The number of nitrogens with one attached hydrogen (secondary N) is 1. The number of carbonyl (C=O) groups excluding carboxylic acids is 1. The molecule has 0 aliphatic rings. The summed E-state index contributed by atoms with van der Waals surface area (Å²) in [5.41, 5.74) is 0.254. The highest BCUT2D eigenvalue weighted by Gasteiger charge is 2.11. The van der Waals surface area contributed by atoms with Crippen molar-refractivity contribution < 1.29 is 9.21 Å². The summed E-state index contributed by atoms with van der Waals surface area (Å²) >= 11 is 2.95. The monoisotopic (exact) mass is 347 g/mol. The van der Waals surface area contributed by atoms with Crippen LogP contribution in [0.4, 0.5) is 5.13 Å². The number of hydrogen-bond acceptors (Lipinski definition) is 8. The standard InChI is InChI=1S/C14H13N5O2S2/c1-2-9-5-17-11(21-9)8-22-12-7-18-14(23-12)19-13(20)10-6-15-3-4-16-10/h3-7H,2,8H2,1H3,(H,18,19,20). The Morgan fingerprint density at radius 1 is 1.26 bits per heavy atom. The van der Waals surface area contributed by atoms with Crippen LogP contribution in [-0.2, 0) is 12.2 Å². The number of rotatable bonds is 6. The Bertz CT molecular complexity index is 787. The van der Waals surface area contributed by atoms with Gasteiger partial charge in [0.15, 0.2) is 5.13 Å². The van der Waals surface area contributed by atoms with Gasteiger partial charge in [0.25, 0.3) is 5.91 Å². The van der Waals surface area contributed by atoms with Crippen LogP contribution >= 0.6 is 23.1 Å². The van der Waals surface area contributed by atoms with Crippen molar-refractivity contribution in [1.82, 2.24) is 19.9 Å². The Morgan fingerprint density at radius 3 is 2.91 bits per heavy atom. The third kappa shape index (κ3) is 4.14. The highest BCUT2D eigenvalue weighted by molar-refractivity contribution is 8.00. The minimum atomic E-state index is -0.329. The maximum Gasteiger partial charge on any atom is 0.277 e. The molecule has 7 nitrogen and oxygen atoms in total. The lowest BCUT2D eigenvalue weighted by atomic mass is 10.4. The van der Waals surface area contributed by atoms with Crippen molar-refractivity contribution in [1.29, 1.82) is 0 Å². The van der Waals surface area contributed by atoms with E-state index < -0.39 is 0 Å². The molecule has 0 unspecified atom stereocenters. The van der Waals surface area contributed by atoms with Crippen LogP contribution in [0.5, 0.6) is 0 Å². The topological polar surface area (TPSA) is 93.8 Å². The summed E-state index contributed by atoms with van der Waals surface area (Å²) in [6.07, 6.45) is 8.68. The Hall–Kier alpha value is -2.26. The number of amides is 1. The largest absolute Gasteiger partial charge is 0.445 e. The molecular formula is C14H13N5O2S2. The predicted molar refractivity (Wildman–Crippen MR) is 87.5 cm³/mol. The normalized spacial score (nSPS) is 10.7. The van der Waals surface area contributed by atoms with Crippen LogP contribution in [0.15, 0.2) is 39.6 Å². The van der Waals surface area contributed by atoms with E-state index in [0.717, 1.165) is 16.4 Å². The molecule has 3 aromatic heterocycles. The molecule has 1 N–H and O–H groups in total. The second kappa shape index (κ2) is 7.34. The molecule has 0 spiro atoms. The molecule has 9 heteroatoms. The van der Waals surface area contributed by atoms with Gasteiger partial charge < -0.3 is 4.42 Å². The fraction of sp³-hybridized carbons (Fsp3) is 0.214. The fourth-order valence-corrected chi connectivity index (χ4v) is 3.39. The van der Waals surface area contributed by atoms with Crippen LogP contribution in [-0.4, -0.2) is 25.8 Å². The highest BCUT2D eigenvalue weighted by atomic mass is 32.2. The number of thiazole rings is 1. The van der Waals surface area contributed by atoms with E-state index in [0.29, 0.717) is 16.8 Å². The van der Waals surface area contributed by atoms with Crippen molar-refractivity contribution in [2.45, 2.75) is 23.3 Å². The van der Waals surface area contributed by atoms with Gasteiger partial charge in [-0.3, -0.25) is 15.1 Å².